The first kappa shape index (κ1) is 10.5. The van der Waals surface area contributed by atoms with Crippen molar-refractivity contribution in [1.82, 2.24) is 5.32 Å². The molecule has 1 atom stereocenters. The van der Waals surface area contributed by atoms with Crippen LogP contribution < -0.4 is 5.32 Å². The Bertz CT molecular complexity index is 178. The molecular formula is C10H19NO2. The summed E-state index contributed by atoms with van der Waals surface area (Å²) in [4.78, 5) is 11.5. The number of hydrogen-bond acceptors (Lipinski definition) is 2. The second-order valence-corrected chi connectivity index (χ2v) is 4.60. The highest BCUT2D eigenvalue weighted by Gasteiger charge is 2.23. The Morgan fingerprint density at radius 2 is 2.23 bits per heavy atom. The molecule has 0 aromatic carbocycles. The van der Waals surface area contributed by atoms with Gasteiger partial charge in [-0.3, -0.25) is 4.79 Å². The summed E-state index contributed by atoms with van der Waals surface area (Å²) in [6.45, 7) is 7.25. The van der Waals surface area contributed by atoms with E-state index in [9.17, 15) is 4.79 Å². The van der Waals surface area contributed by atoms with Gasteiger partial charge in [0.2, 0.25) is 5.91 Å². The SMILES string of the molecule is CC(C)(C)C(=O)NC[C@H]1CCCO1. The molecule has 0 aromatic heterocycles. The monoisotopic (exact) mass is 185 g/mol. The molecule has 1 rings (SSSR count). The maximum absolute atomic E-state index is 11.5. The molecule has 1 aliphatic rings. The highest BCUT2D eigenvalue weighted by Crippen LogP contribution is 2.14. The largest absolute Gasteiger partial charge is 0.376 e. The molecule has 0 bridgehead atoms. The molecule has 1 N–H and O–H groups in total. The topological polar surface area (TPSA) is 38.3 Å². The van der Waals surface area contributed by atoms with Crippen LogP contribution >= 0.6 is 0 Å². The number of rotatable bonds is 2. The Labute approximate surface area is 79.8 Å². The van der Waals surface area contributed by atoms with Crippen molar-refractivity contribution >= 4 is 5.91 Å². The minimum Gasteiger partial charge on any atom is -0.376 e. The van der Waals surface area contributed by atoms with E-state index in [1.54, 1.807) is 0 Å². The zero-order valence-electron chi connectivity index (χ0n) is 8.72. The van der Waals surface area contributed by atoms with Gasteiger partial charge in [0.1, 0.15) is 0 Å². The number of ether oxygens (including phenoxy) is 1. The maximum Gasteiger partial charge on any atom is 0.225 e. The van der Waals surface area contributed by atoms with Gasteiger partial charge in [-0.2, -0.15) is 0 Å². The summed E-state index contributed by atoms with van der Waals surface area (Å²) in [5, 5.41) is 2.90. The van der Waals surface area contributed by atoms with Crippen LogP contribution in [0.2, 0.25) is 0 Å². The predicted octanol–water partition coefficient (Wildman–Crippen LogP) is 1.33. The lowest BCUT2D eigenvalue weighted by molar-refractivity contribution is -0.129. The Morgan fingerprint density at radius 3 is 2.69 bits per heavy atom. The fourth-order valence-electron chi connectivity index (χ4n) is 1.28. The average Bonchev–Trinajstić information content (AvgIpc) is 2.50. The Balaban J connectivity index is 2.22. The fourth-order valence-corrected chi connectivity index (χ4v) is 1.28. The van der Waals surface area contributed by atoms with E-state index in [0.717, 1.165) is 19.4 Å². The standard InChI is InChI=1S/C10H19NO2/c1-10(2,3)9(12)11-7-8-5-4-6-13-8/h8H,4-7H2,1-3H3,(H,11,12)/t8-/m1/s1. The average molecular weight is 185 g/mol. The van der Waals surface area contributed by atoms with Gasteiger partial charge in [0, 0.05) is 18.6 Å². The van der Waals surface area contributed by atoms with Crippen molar-refractivity contribution in [2.24, 2.45) is 5.41 Å². The normalized spacial score (nSPS) is 23.2. The molecule has 1 amide bonds. The van der Waals surface area contributed by atoms with E-state index in [2.05, 4.69) is 5.32 Å². The molecule has 0 saturated carbocycles. The third kappa shape index (κ3) is 3.35. The lowest BCUT2D eigenvalue weighted by Crippen LogP contribution is -2.39. The highest BCUT2D eigenvalue weighted by atomic mass is 16.5. The number of nitrogens with one attached hydrogen (secondary N) is 1. The van der Waals surface area contributed by atoms with Crippen LogP contribution in [0.1, 0.15) is 33.6 Å². The molecule has 76 valence electrons. The van der Waals surface area contributed by atoms with Crippen molar-refractivity contribution in [3.63, 3.8) is 0 Å². The van der Waals surface area contributed by atoms with E-state index < -0.39 is 0 Å². The van der Waals surface area contributed by atoms with Gasteiger partial charge in [-0.15, -0.1) is 0 Å². The Hall–Kier alpha value is -0.570. The molecule has 0 aliphatic carbocycles. The van der Waals surface area contributed by atoms with Gasteiger partial charge in [-0.25, -0.2) is 0 Å². The number of carbonyl (C=O) groups excluding carboxylic acids is 1. The van der Waals surface area contributed by atoms with Crippen molar-refractivity contribution in [2.75, 3.05) is 13.2 Å². The predicted molar refractivity (Wildman–Crippen MR) is 51.4 cm³/mol. The molecule has 0 aromatic rings. The molecular weight excluding hydrogens is 166 g/mol. The number of carbonyl (C=O) groups is 1. The molecule has 3 nitrogen and oxygen atoms in total. The first-order valence-corrected chi connectivity index (χ1v) is 4.90. The van der Waals surface area contributed by atoms with Crippen LogP contribution in [-0.4, -0.2) is 25.2 Å². The highest BCUT2D eigenvalue weighted by molar-refractivity contribution is 5.81. The minimum absolute atomic E-state index is 0.100. The van der Waals surface area contributed by atoms with E-state index in [0.29, 0.717) is 6.54 Å². The first-order chi connectivity index (χ1) is 6.00. The molecule has 0 radical (unpaired) electrons. The summed E-state index contributed by atoms with van der Waals surface area (Å²) in [6.07, 6.45) is 2.44. The van der Waals surface area contributed by atoms with E-state index in [1.165, 1.54) is 0 Å². The lowest BCUT2D eigenvalue weighted by Gasteiger charge is -2.19. The van der Waals surface area contributed by atoms with E-state index in [1.807, 2.05) is 20.8 Å². The molecule has 0 unspecified atom stereocenters. The Kier molecular flexibility index (Phi) is 3.31. The molecule has 1 fully saturated rings. The van der Waals surface area contributed by atoms with Crippen molar-refractivity contribution in [3.05, 3.63) is 0 Å². The van der Waals surface area contributed by atoms with Crippen LogP contribution in [0.5, 0.6) is 0 Å². The summed E-state index contributed by atoms with van der Waals surface area (Å²) >= 11 is 0. The quantitative estimate of drug-likeness (QED) is 0.704. The summed E-state index contributed by atoms with van der Waals surface area (Å²) in [7, 11) is 0. The minimum atomic E-state index is -0.293. The van der Waals surface area contributed by atoms with Crippen molar-refractivity contribution in [3.8, 4) is 0 Å². The van der Waals surface area contributed by atoms with Gasteiger partial charge in [-0.1, -0.05) is 20.8 Å². The molecule has 0 spiro atoms. The molecule has 1 aliphatic heterocycles. The van der Waals surface area contributed by atoms with Gasteiger partial charge in [0.25, 0.3) is 0 Å². The van der Waals surface area contributed by atoms with Crippen LogP contribution in [0.25, 0.3) is 0 Å². The van der Waals surface area contributed by atoms with Gasteiger partial charge in [-0.05, 0) is 12.8 Å². The van der Waals surface area contributed by atoms with Gasteiger partial charge in [0.15, 0.2) is 0 Å². The smallest absolute Gasteiger partial charge is 0.225 e. The van der Waals surface area contributed by atoms with Crippen molar-refractivity contribution < 1.29 is 9.53 Å². The van der Waals surface area contributed by atoms with Crippen molar-refractivity contribution in [1.29, 1.82) is 0 Å². The van der Waals surface area contributed by atoms with E-state index >= 15 is 0 Å². The second-order valence-electron chi connectivity index (χ2n) is 4.60. The van der Waals surface area contributed by atoms with E-state index in [4.69, 9.17) is 4.74 Å². The lowest BCUT2D eigenvalue weighted by atomic mass is 9.95. The van der Waals surface area contributed by atoms with Crippen LogP contribution in [0.4, 0.5) is 0 Å². The third-order valence-electron chi connectivity index (χ3n) is 2.20. The van der Waals surface area contributed by atoms with Crippen molar-refractivity contribution in [2.45, 2.75) is 39.7 Å². The second kappa shape index (κ2) is 4.09. The fraction of sp³-hybridized carbons (Fsp3) is 0.900. The van der Waals surface area contributed by atoms with Gasteiger partial charge in [0.05, 0.1) is 6.10 Å². The summed E-state index contributed by atoms with van der Waals surface area (Å²) in [6, 6.07) is 0. The van der Waals surface area contributed by atoms with E-state index in [-0.39, 0.29) is 17.4 Å². The van der Waals surface area contributed by atoms with Crippen LogP contribution in [0.3, 0.4) is 0 Å². The summed E-state index contributed by atoms with van der Waals surface area (Å²) < 4.78 is 5.40. The zero-order chi connectivity index (χ0) is 9.90. The Morgan fingerprint density at radius 1 is 1.54 bits per heavy atom. The third-order valence-corrected chi connectivity index (χ3v) is 2.20. The maximum atomic E-state index is 11.5. The zero-order valence-corrected chi connectivity index (χ0v) is 8.72. The molecule has 3 heteroatoms. The van der Waals surface area contributed by atoms with Gasteiger partial charge >= 0.3 is 0 Å². The summed E-state index contributed by atoms with van der Waals surface area (Å²) in [5.41, 5.74) is -0.293. The first-order valence-electron chi connectivity index (χ1n) is 4.90. The molecule has 13 heavy (non-hydrogen) atoms. The number of amides is 1. The van der Waals surface area contributed by atoms with Crippen LogP contribution in [0.15, 0.2) is 0 Å². The molecule has 1 saturated heterocycles. The van der Waals surface area contributed by atoms with Crippen LogP contribution in [0, 0.1) is 5.41 Å². The molecule has 1 heterocycles. The summed E-state index contributed by atoms with van der Waals surface area (Å²) in [5.74, 6) is 0.100. The number of hydrogen-bond donors (Lipinski definition) is 1. The van der Waals surface area contributed by atoms with Gasteiger partial charge < -0.3 is 10.1 Å². The van der Waals surface area contributed by atoms with Crippen LogP contribution in [-0.2, 0) is 9.53 Å².